The average Bonchev–Trinajstić information content (AvgIpc) is 3.01. The number of hydrogen-bond acceptors (Lipinski definition) is 2. The Morgan fingerprint density at radius 1 is 1.53 bits per heavy atom. The molecule has 1 aromatic carbocycles. The first-order chi connectivity index (χ1) is 7.14. The van der Waals surface area contributed by atoms with E-state index in [0.29, 0.717) is 17.9 Å². The van der Waals surface area contributed by atoms with E-state index in [4.69, 9.17) is 10.5 Å². The van der Waals surface area contributed by atoms with Crippen LogP contribution in [0.5, 0.6) is 5.75 Å². The van der Waals surface area contributed by atoms with Crippen LogP contribution in [0.15, 0.2) is 16.6 Å². The molecule has 0 amide bonds. The second-order valence-electron chi connectivity index (χ2n) is 3.92. The van der Waals surface area contributed by atoms with E-state index in [9.17, 15) is 4.39 Å². The van der Waals surface area contributed by atoms with Gasteiger partial charge in [0.2, 0.25) is 0 Å². The molecule has 0 aliphatic heterocycles. The number of methoxy groups -OCH3 is 1. The number of ether oxygens (including phenoxy) is 1. The smallest absolute Gasteiger partial charge is 0.139 e. The Hall–Kier alpha value is -0.610. The first kappa shape index (κ1) is 10.9. The van der Waals surface area contributed by atoms with E-state index in [1.54, 1.807) is 13.2 Å². The van der Waals surface area contributed by atoms with E-state index in [-0.39, 0.29) is 11.2 Å². The van der Waals surface area contributed by atoms with Crippen molar-refractivity contribution in [2.24, 2.45) is 5.73 Å². The molecule has 0 radical (unpaired) electrons. The first-order valence-electron chi connectivity index (χ1n) is 4.87. The number of hydrogen-bond donors (Lipinski definition) is 1. The van der Waals surface area contributed by atoms with Gasteiger partial charge in [0.05, 0.1) is 11.6 Å². The maximum atomic E-state index is 13.8. The molecule has 1 aliphatic carbocycles. The summed E-state index contributed by atoms with van der Waals surface area (Å²) in [6.45, 7) is 0.469. The van der Waals surface area contributed by atoms with Crippen LogP contribution in [0.1, 0.15) is 18.4 Å². The number of benzene rings is 1. The lowest BCUT2D eigenvalue weighted by atomic mass is 9.94. The van der Waals surface area contributed by atoms with Crippen LogP contribution < -0.4 is 10.5 Å². The molecular weight excluding hydrogens is 261 g/mol. The van der Waals surface area contributed by atoms with Gasteiger partial charge in [-0.2, -0.15) is 0 Å². The molecule has 4 heteroatoms. The number of nitrogens with two attached hydrogens (primary N) is 1. The number of halogens is 2. The van der Waals surface area contributed by atoms with Crippen molar-refractivity contribution >= 4 is 15.9 Å². The summed E-state index contributed by atoms with van der Waals surface area (Å²) in [5.41, 5.74) is 6.14. The molecule has 1 saturated carbocycles. The van der Waals surface area contributed by atoms with E-state index in [1.807, 2.05) is 0 Å². The molecular formula is C11H13BrFNO. The first-order valence-corrected chi connectivity index (χ1v) is 5.66. The van der Waals surface area contributed by atoms with Gasteiger partial charge >= 0.3 is 0 Å². The van der Waals surface area contributed by atoms with Crippen molar-refractivity contribution in [3.05, 3.63) is 28.0 Å². The van der Waals surface area contributed by atoms with Crippen LogP contribution in [0, 0.1) is 5.82 Å². The molecule has 1 aromatic rings. The fourth-order valence-electron chi connectivity index (χ4n) is 1.93. The van der Waals surface area contributed by atoms with Crippen LogP contribution >= 0.6 is 15.9 Å². The van der Waals surface area contributed by atoms with Crippen LogP contribution in [0.4, 0.5) is 4.39 Å². The Morgan fingerprint density at radius 3 is 2.67 bits per heavy atom. The molecule has 2 nitrogen and oxygen atoms in total. The Bertz CT molecular complexity index is 390. The summed E-state index contributed by atoms with van der Waals surface area (Å²) < 4.78 is 19.8. The lowest BCUT2D eigenvalue weighted by molar-refractivity contribution is 0.394. The predicted octanol–water partition coefficient (Wildman–Crippen LogP) is 2.59. The molecule has 0 spiro atoms. The highest BCUT2D eigenvalue weighted by Gasteiger charge is 2.47. The topological polar surface area (TPSA) is 35.2 Å². The van der Waals surface area contributed by atoms with Gasteiger partial charge in [0.25, 0.3) is 0 Å². The summed E-state index contributed by atoms with van der Waals surface area (Å²) in [7, 11) is 1.55. The van der Waals surface area contributed by atoms with Gasteiger partial charge in [-0.1, -0.05) is 0 Å². The Labute approximate surface area is 96.7 Å². The molecule has 2 rings (SSSR count). The van der Waals surface area contributed by atoms with Crippen LogP contribution in [0.3, 0.4) is 0 Å². The average molecular weight is 274 g/mol. The normalized spacial score (nSPS) is 17.6. The summed E-state index contributed by atoms with van der Waals surface area (Å²) in [6, 6.07) is 3.11. The molecule has 1 aliphatic rings. The monoisotopic (exact) mass is 273 g/mol. The molecule has 0 atom stereocenters. The van der Waals surface area contributed by atoms with Crippen LogP contribution in [-0.4, -0.2) is 13.7 Å². The van der Waals surface area contributed by atoms with Gasteiger partial charge in [0, 0.05) is 17.5 Å². The third-order valence-electron chi connectivity index (χ3n) is 3.04. The van der Waals surface area contributed by atoms with Crippen molar-refractivity contribution < 1.29 is 9.13 Å². The minimum absolute atomic E-state index is 0.195. The van der Waals surface area contributed by atoms with E-state index < -0.39 is 0 Å². The zero-order valence-electron chi connectivity index (χ0n) is 8.52. The van der Waals surface area contributed by atoms with E-state index in [1.165, 1.54) is 6.07 Å². The van der Waals surface area contributed by atoms with Crippen molar-refractivity contribution in [1.82, 2.24) is 0 Å². The quantitative estimate of drug-likeness (QED) is 0.919. The van der Waals surface area contributed by atoms with Gasteiger partial charge in [-0.25, -0.2) is 4.39 Å². The highest BCUT2D eigenvalue weighted by Crippen LogP contribution is 2.52. The van der Waals surface area contributed by atoms with Crippen molar-refractivity contribution in [1.29, 1.82) is 0 Å². The van der Waals surface area contributed by atoms with Gasteiger partial charge in [0.15, 0.2) is 0 Å². The molecule has 1 fully saturated rings. The molecule has 0 bridgehead atoms. The van der Waals surface area contributed by atoms with Gasteiger partial charge in [-0.05, 0) is 40.9 Å². The van der Waals surface area contributed by atoms with Crippen molar-refractivity contribution in [2.75, 3.05) is 13.7 Å². The van der Waals surface area contributed by atoms with Crippen molar-refractivity contribution in [3.8, 4) is 5.75 Å². The zero-order chi connectivity index (χ0) is 11.1. The summed E-state index contributed by atoms with van der Waals surface area (Å²) >= 11 is 3.36. The molecule has 0 heterocycles. The Kier molecular flexibility index (Phi) is 2.73. The molecule has 82 valence electrons. The zero-order valence-corrected chi connectivity index (χ0v) is 10.1. The number of rotatable bonds is 3. The maximum absolute atomic E-state index is 13.8. The summed E-state index contributed by atoms with van der Waals surface area (Å²) in [4.78, 5) is 0. The van der Waals surface area contributed by atoms with Gasteiger partial charge in [-0.3, -0.25) is 0 Å². The third kappa shape index (κ3) is 1.66. The summed E-state index contributed by atoms with van der Waals surface area (Å²) in [6.07, 6.45) is 1.88. The van der Waals surface area contributed by atoms with E-state index in [2.05, 4.69) is 15.9 Å². The van der Waals surface area contributed by atoms with Crippen LogP contribution in [0.2, 0.25) is 0 Å². The highest BCUT2D eigenvalue weighted by molar-refractivity contribution is 9.10. The maximum Gasteiger partial charge on any atom is 0.139 e. The van der Waals surface area contributed by atoms with Gasteiger partial charge in [-0.15, -0.1) is 0 Å². The van der Waals surface area contributed by atoms with Gasteiger partial charge in [0.1, 0.15) is 11.6 Å². The minimum atomic E-state index is -0.224. The third-order valence-corrected chi connectivity index (χ3v) is 3.66. The summed E-state index contributed by atoms with van der Waals surface area (Å²) in [5.74, 6) is 0.357. The van der Waals surface area contributed by atoms with Crippen molar-refractivity contribution in [2.45, 2.75) is 18.3 Å². The summed E-state index contributed by atoms with van der Waals surface area (Å²) in [5, 5.41) is 0. The van der Waals surface area contributed by atoms with Crippen LogP contribution in [-0.2, 0) is 5.41 Å². The molecule has 15 heavy (non-hydrogen) atoms. The predicted molar refractivity (Wildman–Crippen MR) is 60.6 cm³/mol. The van der Waals surface area contributed by atoms with Crippen LogP contribution in [0.25, 0.3) is 0 Å². The fraction of sp³-hybridized carbons (Fsp3) is 0.455. The molecule has 0 saturated heterocycles. The Balaban J connectivity index is 2.58. The standard InChI is InChI=1S/C11H13BrFNO/c1-15-10-7(12)2-3-8(13)9(10)11(6-14)4-5-11/h2-3H,4-6,14H2,1H3. The molecule has 2 N–H and O–H groups in total. The lowest BCUT2D eigenvalue weighted by Crippen LogP contribution is -2.22. The van der Waals surface area contributed by atoms with Crippen molar-refractivity contribution in [3.63, 3.8) is 0 Å². The second kappa shape index (κ2) is 3.76. The SMILES string of the molecule is COc1c(Br)ccc(F)c1C1(CN)CC1. The van der Waals surface area contributed by atoms with E-state index >= 15 is 0 Å². The largest absolute Gasteiger partial charge is 0.495 e. The second-order valence-corrected chi connectivity index (χ2v) is 4.78. The van der Waals surface area contributed by atoms with Gasteiger partial charge < -0.3 is 10.5 Å². The minimum Gasteiger partial charge on any atom is -0.495 e. The van der Waals surface area contributed by atoms with E-state index in [0.717, 1.165) is 17.3 Å². The fourth-order valence-corrected chi connectivity index (χ4v) is 2.43. The highest BCUT2D eigenvalue weighted by atomic mass is 79.9. The Morgan fingerprint density at radius 2 is 2.20 bits per heavy atom. The molecule has 0 aromatic heterocycles. The molecule has 0 unspecified atom stereocenters. The lowest BCUT2D eigenvalue weighted by Gasteiger charge is -2.18.